The molecule has 3 aromatic carbocycles. The average molecular weight is 682 g/mol. The normalized spacial score (nSPS) is 18.0. The maximum Gasteiger partial charge on any atom is 0.306 e. The highest BCUT2D eigenvalue weighted by atomic mass is 19.1. The summed E-state index contributed by atoms with van der Waals surface area (Å²) in [4.78, 5) is 46.8. The second kappa shape index (κ2) is 13.9. The van der Waals surface area contributed by atoms with Gasteiger partial charge in [-0.3, -0.25) is 19.4 Å². The van der Waals surface area contributed by atoms with E-state index in [9.17, 15) is 23.9 Å². The number of methoxy groups -OCH3 is 1. The Morgan fingerprint density at radius 2 is 1.46 bits per heavy atom. The van der Waals surface area contributed by atoms with Gasteiger partial charge in [-0.05, 0) is 118 Å². The highest BCUT2D eigenvalue weighted by molar-refractivity contribution is 6.16. The molecule has 3 fully saturated rings. The lowest BCUT2D eigenvalue weighted by molar-refractivity contribution is -0.143. The first kappa shape index (κ1) is 33.3. The molecule has 0 unspecified atom stereocenters. The van der Waals surface area contributed by atoms with E-state index in [2.05, 4.69) is 25.4 Å². The topological polar surface area (TPSA) is 133 Å². The van der Waals surface area contributed by atoms with Crippen molar-refractivity contribution in [2.45, 2.75) is 44.6 Å². The number of amides is 2. The number of carbonyl (C=O) groups excluding carboxylic acids is 2. The number of nitrogens with one attached hydrogen (secondary N) is 2. The zero-order valence-electron chi connectivity index (χ0n) is 27.9. The van der Waals surface area contributed by atoms with Gasteiger partial charge >= 0.3 is 5.97 Å². The van der Waals surface area contributed by atoms with Crippen LogP contribution in [0.25, 0.3) is 10.9 Å². The molecule has 7 rings (SSSR count). The molecule has 4 aromatic rings. The predicted molar refractivity (Wildman–Crippen MR) is 187 cm³/mol. The largest absolute Gasteiger partial charge is 0.495 e. The summed E-state index contributed by atoms with van der Waals surface area (Å²) in [6.45, 7) is 3.41. The smallest absolute Gasteiger partial charge is 0.306 e. The Morgan fingerprint density at radius 3 is 2.04 bits per heavy atom. The molecule has 0 bridgehead atoms. The standard InChI is InChI=1S/C38H40FN5O6/c1-49-34-22-30-31(23-32(34)44-20-13-28(14-21-44)43-18-11-24(12-19-43)35(45)46)40-17-10-33(30)50-29-8-6-27(7-9-29)42-37(48)38(15-16-38)36(47)41-26-4-2-25(39)3-5-26/h2-10,17,22-24,28H,11-16,18-21H2,1H3,(H,41,47)(H,42,48)(H,45,46). The molecule has 0 atom stereocenters. The van der Waals surface area contributed by atoms with E-state index in [1.807, 2.05) is 12.1 Å². The fourth-order valence-electron chi connectivity index (χ4n) is 7.07. The lowest BCUT2D eigenvalue weighted by atomic mass is 9.93. The van der Waals surface area contributed by atoms with E-state index in [4.69, 9.17) is 9.47 Å². The number of pyridine rings is 1. The fourth-order valence-corrected chi connectivity index (χ4v) is 7.07. The summed E-state index contributed by atoms with van der Waals surface area (Å²) in [6.07, 6.45) is 5.99. The molecule has 0 radical (unpaired) electrons. The molecule has 3 aliphatic rings. The van der Waals surface area contributed by atoms with Gasteiger partial charge in [0.1, 0.15) is 28.5 Å². The number of aromatic nitrogens is 1. The quantitative estimate of drug-likeness (QED) is 0.165. The molecule has 0 spiro atoms. The van der Waals surface area contributed by atoms with Crippen LogP contribution in [-0.2, 0) is 14.4 Å². The van der Waals surface area contributed by atoms with Gasteiger partial charge in [0, 0.05) is 42.1 Å². The van der Waals surface area contributed by atoms with Gasteiger partial charge in [0.15, 0.2) is 0 Å². The molecular weight excluding hydrogens is 641 g/mol. The third kappa shape index (κ3) is 6.93. The first-order valence-electron chi connectivity index (χ1n) is 17.1. The van der Waals surface area contributed by atoms with Crippen molar-refractivity contribution in [3.05, 3.63) is 78.7 Å². The van der Waals surface area contributed by atoms with Gasteiger partial charge < -0.3 is 35.0 Å². The second-order valence-corrected chi connectivity index (χ2v) is 13.3. The minimum atomic E-state index is -1.16. The number of hydrogen-bond acceptors (Lipinski definition) is 8. The molecule has 2 aliphatic heterocycles. The summed E-state index contributed by atoms with van der Waals surface area (Å²) in [7, 11) is 1.66. The van der Waals surface area contributed by atoms with Crippen LogP contribution in [0.5, 0.6) is 17.2 Å². The van der Waals surface area contributed by atoms with Crippen LogP contribution in [-0.4, -0.2) is 72.1 Å². The molecule has 3 heterocycles. The van der Waals surface area contributed by atoms with Crippen LogP contribution in [0, 0.1) is 17.2 Å². The molecule has 12 heteroatoms. The third-order valence-electron chi connectivity index (χ3n) is 10.3. The summed E-state index contributed by atoms with van der Waals surface area (Å²) in [5.41, 5.74) is 1.56. The summed E-state index contributed by atoms with van der Waals surface area (Å²) in [5.74, 6) is -0.219. The lowest BCUT2D eigenvalue weighted by Gasteiger charge is -2.42. The molecule has 1 saturated carbocycles. The van der Waals surface area contributed by atoms with Crippen LogP contribution in [0.2, 0.25) is 0 Å². The van der Waals surface area contributed by atoms with Gasteiger partial charge in [-0.15, -0.1) is 0 Å². The van der Waals surface area contributed by atoms with Gasteiger partial charge in [-0.2, -0.15) is 0 Å². The lowest BCUT2D eigenvalue weighted by Crippen LogP contribution is -2.48. The number of benzene rings is 3. The Hall–Kier alpha value is -5.23. The molecule has 11 nitrogen and oxygen atoms in total. The summed E-state index contributed by atoms with van der Waals surface area (Å²) < 4.78 is 25.4. The van der Waals surface area contributed by atoms with E-state index >= 15 is 0 Å². The minimum absolute atomic E-state index is 0.223. The Labute approximate surface area is 289 Å². The van der Waals surface area contributed by atoms with Crippen LogP contribution in [0.1, 0.15) is 38.5 Å². The first-order valence-corrected chi connectivity index (χ1v) is 17.1. The maximum atomic E-state index is 13.2. The van der Waals surface area contributed by atoms with Crippen molar-refractivity contribution in [3.8, 4) is 17.2 Å². The number of likely N-dealkylation sites (tertiary alicyclic amines) is 1. The van der Waals surface area contributed by atoms with Crippen molar-refractivity contribution in [1.82, 2.24) is 9.88 Å². The first-order chi connectivity index (χ1) is 24.2. The molecule has 3 N–H and O–H groups in total. The SMILES string of the molecule is COc1cc2c(Oc3ccc(NC(=O)C4(C(=O)Nc5ccc(F)cc5)CC4)cc3)ccnc2cc1N1CCC(N2CCC(C(=O)O)CC2)CC1. The zero-order valence-corrected chi connectivity index (χ0v) is 27.9. The van der Waals surface area contributed by atoms with Crippen LogP contribution in [0.4, 0.5) is 21.5 Å². The summed E-state index contributed by atoms with van der Waals surface area (Å²) in [5, 5.41) is 15.7. The van der Waals surface area contributed by atoms with Gasteiger partial charge in [0.2, 0.25) is 11.8 Å². The van der Waals surface area contributed by atoms with E-state index in [0.717, 1.165) is 61.4 Å². The number of nitrogens with zero attached hydrogens (tertiary/aromatic N) is 3. The highest BCUT2D eigenvalue weighted by Crippen LogP contribution is 2.47. The van der Waals surface area contributed by atoms with Crippen molar-refractivity contribution in [2.75, 3.05) is 48.8 Å². The van der Waals surface area contributed by atoms with Gasteiger partial charge in [-0.25, -0.2) is 4.39 Å². The maximum absolute atomic E-state index is 13.2. The number of hydrogen-bond donors (Lipinski definition) is 3. The molecule has 1 aliphatic carbocycles. The molecular formula is C38H40FN5O6. The Morgan fingerprint density at radius 1 is 0.840 bits per heavy atom. The summed E-state index contributed by atoms with van der Waals surface area (Å²) >= 11 is 0. The Balaban J connectivity index is 0.984. The number of halogens is 1. The van der Waals surface area contributed by atoms with Crippen LogP contribution >= 0.6 is 0 Å². The second-order valence-electron chi connectivity index (χ2n) is 13.3. The van der Waals surface area contributed by atoms with Crippen molar-refractivity contribution in [3.63, 3.8) is 0 Å². The van der Waals surface area contributed by atoms with Gasteiger partial charge in [0.25, 0.3) is 0 Å². The summed E-state index contributed by atoms with van der Waals surface area (Å²) in [6, 6.07) is 18.6. The molecule has 50 heavy (non-hydrogen) atoms. The molecule has 2 saturated heterocycles. The van der Waals surface area contributed by atoms with Crippen molar-refractivity contribution < 1.29 is 33.4 Å². The van der Waals surface area contributed by atoms with Gasteiger partial charge in [-0.1, -0.05) is 0 Å². The minimum Gasteiger partial charge on any atom is -0.495 e. The number of ether oxygens (including phenoxy) is 2. The number of fused-ring (bicyclic) bond motifs is 1. The number of carboxylic acids is 1. The van der Waals surface area contributed by atoms with Crippen molar-refractivity contribution >= 4 is 45.7 Å². The predicted octanol–water partition coefficient (Wildman–Crippen LogP) is 6.30. The zero-order chi connectivity index (χ0) is 34.8. The highest BCUT2D eigenvalue weighted by Gasteiger charge is 2.56. The number of aliphatic carboxylic acids is 1. The fraction of sp³-hybridized carbons (Fsp3) is 0.368. The number of carboxylic acid groups (broad SMARTS) is 1. The number of anilines is 3. The monoisotopic (exact) mass is 681 g/mol. The Kier molecular flexibility index (Phi) is 9.28. The van der Waals surface area contributed by atoms with E-state index in [1.165, 1.54) is 24.3 Å². The van der Waals surface area contributed by atoms with Crippen LogP contribution < -0.4 is 25.0 Å². The van der Waals surface area contributed by atoms with E-state index in [1.54, 1.807) is 43.6 Å². The van der Waals surface area contributed by atoms with Crippen molar-refractivity contribution in [1.29, 1.82) is 0 Å². The molecule has 2 amide bonds. The molecule has 1 aromatic heterocycles. The third-order valence-corrected chi connectivity index (χ3v) is 10.3. The Bertz CT molecular complexity index is 1880. The van der Waals surface area contributed by atoms with E-state index < -0.39 is 29.0 Å². The average Bonchev–Trinajstić information content (AvgIpc) is 3.96. The van der Waals surface area contributed by atoms with E-state index in [-0.39, 0.29) is 5.92 Å². The molecule has 260 valence electrons. The van der Waals surface area contributed by atoms with Crippen LogP contribution in [0.15, 0.2) is 72.9 Å². The number of carbonyl (C=O) groups is 3. The van der Waals surface area contributed by atoms with Gasteiger partial charge in [0.05, 0.1) is 24.2 Å². The number of rotatable bonds is 10. The number of piperidine rings is 2. The van der Waals surface area contributed by atoms with Crippen molar-refractivity contribution in [2.24, 2.45) is 11.3 Å². The van der Waals surface area contributed by atoms with E-state index in [0.29, 0.717) is 54.6 Å². The van der Waals surface area contributed by atoms with Crippen LogP contribution in [0.3, 0.4) is 0 Å².